The first-order chi connectivity index (χ1) is 9.60. The molecule has 0 heterocycles. The molecule has 20 heavy (non-hydrogen) atoms. The van der Waals surface area contributed by atoms with Crippen molar-refractivity contribution < 1.29 is 9.18 Å². The number of hydrogen-bond acceptors (Lipinski definition) is 3. The van der Waals surface area contributed by atoms with E-state index in [2.05, 4.69) is 17.9 Å². The van der Waals surface area contributed by atoms with Crippen molar-refractivity contribution in [3.63, 3.8) is 0 Å². The topological polar surface area (TPSA) is 52.9 Å². The van der Waals surface area contributed by atoms with E-state index < -0.39 is 5.82 Å². The summed E-state index contributed by atoms with van der Waals surface area (Å²) in [5.41, 5.74) is 0.838. The minimum atomic E-state index is -0.648. The van der Waals surface area contributed by atoms with Crippen molar-refractivity contribution in [1.29, 1.82) is 5.26 Å². The van der Waals surface area contributed by atoms with Gasteiger partial charge in [-0.05, 0) is 29.8 Å². The highest BCUT2D eigenvalue weighted by Crippen LogP contribution is 2.18. The summed E-state index contributed by atoms with van der Waals surface area (Å²) in [5, 5.41) is 11.4. The second-order valence-corrected chi connectivity index (χ2v) is 4.68. The molecule has 0 unspecified atom stereocenters. The van der Waals surface area contributed by atoms with Gasteiger partial charge in [0.05, 0.1) is 12.1 Å². The lowest BCUT2D eigenvalue weighted by Crippen LogP contribution is -2.15. The first kappa shape index (κ1) is 14.1. The van der Waals surface area contributed by atoms with E-state index in [1.807, 2.05) is 0 Å². The highest BCUT2D eigenvalue weighted by molar-refractivity contribution is 7.80. The smallest absolute Gasteiger partial charge is 0.228 e. The van der Waals surface area contributed by atoms with E-state index >= 15 is 0 Å². The molecule has 2 aromatic carbocycles. The Morgan fingerprint density at radius 1 is 1.25 bits per heavy atom. The molecule has 0 aliphatic heterocycles. The molecule has 1 N–H and O–H groups in total. The van der Waals surface area contributed by atoms with Crippen LogP contribution >= 0.6 is 12.6 Å². The lowest BCUT2D eigenvalue weighted by molar-refractivity contribution is -0.115. The van der Waals surface area contributed by atoms with Crippen LogP contribution < -0.4 is 5.32 Å². The van der Waals surface area contributed by atoms with Crippen LogP contribution in [-0.2, 0) is 11.2 Å². The number of benzene rings is 2. The molecule has 1 amide bonds. The summed E-state index contributed by atoms with van der Waals surface area (Å²) < 4.78 is 13.4. The average Bonchev–Trinajstić information content (AvgIpc) is 2.42. The summed E-state index contributed by atoms with van der Waals surface area (Å²) in [6.07, 6.45) is 0.148. The summed E-state index contributed by atoms with van der Waals surface area (Å²) in [7, 11) is 0. The molecule has 0 atom stereocenters. The van der Waals surface area contributed by atoms with Gasteiger partial charge in [0.15, 0.2) is 0 Å². The average molecular weight is 286 g/mol. The molecule has 3 nitrogen and oxygen atoms in total. The minimum Gasteiger partial charge on any atom is -0.325 e. The van der Waals surface area contributed by atoms with E-state index in [9.17, 15) is 9.18 Å². The van der Waals surface area contributed by atoms with Gasteiger partial charge in [-0.2, -0.15) is 5.26 Å². The molecule has 5 heteroatoms. The zero-order chi connectivity index (χ0) is 14.5. The van der Waals surface area contributed by atoms with Crippen LogP contribution in [0, 0.1) is 17.1 Å². The number of hydrogen-bond donors (Lipinski definition) is 2. The van der Waals surface area contributed by atoms with Gasteiger partial charge in [-0.1, -0.05) is 18.2 Å². The summed E-state index contributed by atoms with van der Waals surface area (Å²) in [6.45, 7) is 0. The van der Waals surface area contributed by atoms with Gasteiger partial charge in [0.2, 0.25) is 5.91 Å². The second kappa shape index (κ2) is 6.22. The molecule has 0 aliphatic carbocycles. The van der Waals surface area contributed by atoms with Gasteiger partial charge in [-0.25, -0.2) is 4.39 Å². The van der Waals surface area contributed by atoms with Crippen molar-refractivity contribution >= 4 is 24.2 Å². The molecule has 0 saturated carbocycles. The number of carbonyl (C=O) groups excluding carboxylic acids is 1. The van der Waals surface area contributed by atoms with Crippen molar-refractivity contribution in [3.05, 3.63) is 59.4 Å². The number of anilines is 1. The highest BCUT2D eigenvalue weighted by Gasteiger charge is 2.11. The van der Waals surface area contributed by atoms with Gasteiger partial charge in [0.25, 0.3) is 0 Å². The zero-order valence-electron chi connectivity index (χ0n) is 10.4. The first-order valence-electron chi connectivity index (χ1n) is 5.86. The molecule has 0 fully saturated rings. The van der Waals surface area contributed by atoms with Gasteiger partial charge < -0.3 is 5.32 Å². The SMILES string of the molecule is N#Cc1c(F)cccc1NC(=O)Cc1ccc(S)cc1. The second-order valence-electron chi connectivity index (χ2n) is 4.17. The molecule has 0 aliphatic rings. The van der Waals surface area contributed by atoms with Crippen LogP contribution in [0.3, 0.4) is 0 Å². The molecule has 0 spiro atoms. The fourth-order valence-corrected chi connectivity index (χ4v) is 1.88. The summed E-state index contributed by atoms with van der Waals surface area (Å²) in [6, 6.07) is 13.0. The lowest BCUT2D eigenvalue weighted by atomic mass is 10.1. The van der Waals surface area contributed by atoms with E-state index in [-0.39, 0.29) is 23.6 Å². The maximum Gasteiger partial charge on any atom is 0.228 e. The number of rotatable bonds is 3. The van der Waals surface area contributed by atoms with Crippen LogP contribution in [0.1, 0.15) is 11.1 Å². The molecule has 2 aromatic rings. The van der Waals surface area contributed by atoms with Crippen LogP contribution in [0.15, 0.2) is 47.4 Å². The normalized spacial score (nSPS) is 9.85. The van der Waals surface area contributed by atoms with E-state index in [0.29, 0.717) is 0 Å². The third kappa shape index (κ3) is 3.37. The van der Waals surface area contributed by atoms with Crippen molar-refractivity contribution in [2.45, 2.75) is 11.3 Å². The lowest BCUT2D eigenvalue weighted by Gasteiger charge is -2.07. The van der Waals surface area contributed by atoms with Crippen molar-refractivity contribution in [1.82, 2.24) is 0 Å². The van der Waals surface area contributed by atoms with Gasteiger partial charge in [-0.15, -0.1) is 12.6 Å². The third-order valence-electron chi connectivity index (χ3n) is 2.70. The standard InChI is InChI=1S/C15H11FN2OS/c16-13-2-1-3-14(12(13)9-17)18-15(19)8-10-4-6-11(20)7-5-10/h1-7,20H,8H2,(H,18,19). The molecular formula is C15H11FN2OS. The summed E-state index contributed by atoms with van der Waals surface area (Å²) >= 11 is 4.16. The molecule has 0 bridgehead atoms. The molecular weight excluding hydrogens is 275 g/mol. The predicted octanol–water partition coefficient (Wildman–Crippen LogP) is 3.17. The van der Waals surface area contributed by atoms with Crippen LogP contribution in [0.4, 0.5) is 10.1 Å². The van der Waals surface area contributed by atoms with Crippen LogP contribution in [0.5, 0.6) is 0 Å². The fraction of sp³-hybridized carbons (Fsp3) is 0.0667. The van der Waals surface area contributed by atoms with Gasteiger partial charge >= 0.3 is 0 Å². The van der Waals surface area contributed by atoms with Gasteiger partial charge in [-0.3, -0.25) is 4.79 Å². The Balaban J connectivity index is 2.11. The number of nitrogens with one attached hydrogen (secondary N) is 1. The van der Waals surface area contributed by atoms with Crippen molar-refractivity contribution in [3.8, 4) is 6.07 Å². The maximum absolute atomic E-state index is 13.4. The molecule has 0 radical (unpaired) electrons. The van der Waals surface area contributed by atoms with Crippen LogP contribution in [0.25, 0.3) is 0 Å². The van der Waals surface area contributed by atoms with Crippen LogP contribution in [0.2, 0.25) is 0 Å². The first-order valence-corrected chi connectivity index (χ1v) is 6.31. The van der Waals surface area contributed by atoms with E-state index in [1.165, 1.54) is 18.2 Å². The monoisotopic (exact) mass is 286 g/mol. The van der Waals surface area contributed by atoms with Crippen molar-refractivity contribution in [2.24, 2.45) is 0 Å². The molecule has 100 valence electrons. The summed E-state index contributed by atoms with van der Waals surface area (Å²) in [5.74, 6) is -0.955. The quantitative estimate of drug-likeness (QED) is 0.852. The largest absolute Gasteiger partial charge is 0.325 e. The van der Waals surface area contributed by atoms with Gasteiger partial charge in [0.1, 0.15) is 17.4 Å². The van der Waals surface area contributed by atoms with Gasteiger partial charge in [0, 0.05) is 4.90 Å². The van der Waals surface area contributed by atoms with E-state index in [0.717, 1.165) is 10.5 Å². The number of carbonyl (C=O) groups is 1. The number of nitriles is 1. The number of thiol groups is 1. The van der Waals surface area contributed by atoms with Crippen molar-refractivity contribution in [2.75, 3.05) is 5.32 Å². The summed E-state index contributed by atoms with van der Waals surface area (Å²) in [4.78, 5) is 12.7. The Labute approximate surface area is 121 Å². The third-order valence-corrected chi connectivity index (χ3v) is 3.00. The molecule has 2 rings (SSSR count). The van der Waals surface area contributed by atoms with E-state index in [1.54, 1.807) is 30.3 Å². The Kier molecular flexibility index (Phi) is 4.38. The number of halogens is 1. The number of nitrogens with zero attached hydrogens (tertiary/aromatic N) is 1. The molecule has 0 aromatic heterocycles. The van der Waals surface area contributed by atoms with E-state index in [4.69, 9.17) is 5.26 Å². The highest BCUT2D eigenvalue weighted by atomic mass is 32.1. The minimum absolute atomic E-state index is 0.148. The Morgan fingerprint density at radius 3 is 2.60 bits per heavy atom. The Morgan fingerprint density at radius 2 is 1.95 bits per heavy atom. The Bertz CT molecular complexity index is 677. The zero-order valence-corrected chi connectivity index (χ0v) is 11.3. The molecule has 0 saturated heterocycles. The fourth-order valence-electron chi connectivity index (χ4n) is 1.74. The Hall–Kier alpha value is -2.32. The van der Waals surface area contributed by atoms with Crippen LogP contribution in [-0.4, -0.2) is 5.91 Å². The maximum atomic E-state index is 13.4. The number of amides is 1. The predicted molar refractivity (Wildman–Crippen MR) is 77.1 cm³/mol.